The van der Waals surface area contributed by atoms with E-state index in [-0.39, 0.29) is 12.5 Å². The van der Waals surface area contributed by atoms with Gasteiger partial charge in [0.15, 0.2) is 6.61 Å². The van der Waals surface area contributed by atoms with Gasteiger partial charge in [0.2, 0.25) is 0 Å². The smallest absolute Gasteiger partial charge is 0.348 e. The average molecular weight is 357 g/mol. The minimum absolute atomic E-state index is 0.271. The predicted octanol–water partition coefficient (Wildman–Crippen LogP) is 4.23. The zero-order valence-electron chi connectivity index (χ0n) is 14.6. The van der Waals surface area contributed by atoms with Gasteiger partial charge in [-0.25, -0.2) is 4.79 Å². The third-order valence-corrected chi connectivity index (χ3v) is 5.73. The lowest BCUT2D eigenvalue weighted by Gasteiger charge is -2.16. The molecule has 0 radical (unpaired) electrons. The van der Waals surface area contributed by atoms with Crippen molar-refractivity contribution in [2.75, 3.05) is 11.9 Å². The van der Waals surface area contributed by atoms with E-state index < -0.39 is 5.97 Å². The van der Waals surface area contributed by atoms with Crippen LogP contribution in [0.5, 0.6) is 0 Å². The van der Waals surface area contributed by atoms with Gasteiger partial charge in [-0.1, -0.05) is 26.0 Å². The van der Waals surface area contributed by atoms with Crippen LogP contribution in [0.1, 0.15) is 45.9 Å². The number of hydrogen-bond donors (Lipinski definition) is 1. The lowest BCUT2D eigenvalue weighted by molar-refractivity contribution is -0.119. The number of carbonyl (C=O) groups excluding carboxylic acids is 2. The second-order valence-electron chi connectivity index (χ2n) is 6.58. The highest BCUT2D eigenvalue weighted by atomic mass is 32.1. The van der Waals surface area contributed by atoms with E-state index in [1.807, 2.05) is 30.3 Å². The molecular formula is C20H23NO3S. The molecule has 5 heteroatoms. The molecule has 1 amide bonds. The topological polar surface area (TPSA) is 55.4 Å². The normalized spacial score (nSPS) is 16.2. The summed E-state index contributed by atoms with van der Waals surface area (Å²) in [6, 6.07) is 9.58. The molecule has 1 atom stereocenters. The molecule has 1 heterocycles. The second kappa shape index (κ2) is 7.83. The van der Waals surface area contributed by atoms with E-state index in [4.69, 9.17) is 4.74 Å². The molecule has 25 heavy (non-hydrogen) atoms. The number of rotatable bonds is 5. The number of anilines is 1. The molecule has 0 unspecified atom stereocenters. The predicted molar refractivity (Wildman–Crippen MR) is 100 cm³/mol. The Labute approximate surface area is 152 Å². The molecule has 3 rings (SSSR count). The quantitative estimate of drug-likeness (QED) is 0.815. The third-order valence-electron chi connectivity index (χ3n) is 4.51. The SMILES string of the molecule is CCc1ccc(NC(=O)COC(=O)c2cc3c(s2)CC[C@H](C)C3)cc1. The van der Waals surface area contributed by atoms with Crippen molar-refractivity contribution < 1.29 is 14.3 Å². The Morgan fingerprint density at radius 3 is 2.76 bits per heavy atom. The lowest BCUT2D eigenvalue weighted by atomic mass is 9.90. The fraction of sp³-hybridized carbons (Fsp3) is 0.400. The Hall–Kier alpha value is -2.14. The van der Waals surface area contributed by atoms with Crippen molar-refractivity contribution in [1.29, 1.82) is 0 Å². The van der Waals surface area contributed by atoms with Crippen LogP contribution in [-0.4, -0.2) is 18.5 Å². The van der Waals surface area contributed by atoms with Crippen molar-refractivity contribution >= 4 is 28.9 Å². The lowest BCUT2D eigenvalue weighted by Crippen LogP contribution is -2.20. The Morgan fingerprint density at radius 2 is 2.04 bits per heavy atom. The molecule has 0 saturated carbocycles. The number of thiophene rings is 1. The number of ether oxygens (including phenoxy) is 1. The van der Waals surface area contributed by atoms with E-state index in [0.29, 0.717) is 16.5 Å². The number of nitrogens with one attached hydrogen (secondary N) is 1. The maximum atomic E-state index is 12.2. The molecule has 2 aromatic rings. The standard InChI is InChI=1S/C20H23NO3S/c1-3-14-5-7-16(8-6-14)21-19(22)12-24-20(23)18-11-15-10-13(2)4-9-17(15)25-18/h5-8,11,13H,3-4,9-10,12H2,1-2H3,(H,21,22)/t13-/m0/s1. The van der Waals surface area contributed by atoms with Crippen LogP contribution in [0.25, 0.3) is 0 Å². The first-order chi connectivity index (χ1) is 12.0. The number of amides is 1. The zero-order chi connectivity index (χ0) is 17.8. The summed E-state index contributed by atoms with van der Waals surface area (Å²) in [4.78, 5) is 26.0. The second-order valence-corrected chi connectivity index (χ2v) is 7.72. The zero-order valence-corrected chi connectivity index (χ0v) is 15.4. The molecule has 1 N–H and O–H groups in total. The Bertz CT molecular complexity index is 764. The van der Waals surface area contributed by atoms with Crippen LogP contribution >= 0.6 is 11.3 Å². The van der Waals surface area contributed by atoms with Crippen LogP contribution in [0.3, 0.4) is 0 Å². The van der Waals surface area contributed by atoms with Gasteiger partial charge < -0.3 is 10.1 Å². The first kappa shape index (κ1) is 17.7. The summed E-state index contributed by atoms with van der Waals surface area (Å²) < 4.78 is 5.17. The summed E-state index contributed by atoms with van der Waals surface area (Å²) >= 11 is 1.50. The molecule has 132 valence electrons. The first-order valence-corrected chi connectivity index (χ1v) is 9.54. The van der Waals surface area contributed by atoms with Crippen molar-refractivity contribution in [3.63, 3.8) is 0 Å². The summed E-state index contributed by atoms with van der Waals surface area (Å²) in [6.07, 6.45) is 4.17. The maximum absolute atomic E-state index is 12.2. The highest BCUT2D eigenvalue weighted by Crippen LogP contribution is 2.32. The minimum Gasteiger partial charge on any atom is -0.451 e. The molecule has 0 aliphatic heterocycles. The van der Waals surface area contributed by atoms with Crippen LogP contribution in [0.15, 0.2) is 30.3 Å². The van der Waals surface area contributed by atoms with Crippen LogP contribution in [-0.2, 0) is 28.8 Å². The van der Waals surface area contributed by atoms with Crippen molar-refractivity contribution in [3.8, 4) is 0 Å². The highest BCUT2D eigenvalue weighted by Gasteiger charge is 2.21. The Balaban J connectivity index is 1.52. The first-order valence-electron chi connectivity index (χ1n) is 8.72. The number of benzene rings is 1. The molecule has 0 bridgehead atoms. The van der Waals surface area contributed by atoms with E-state index in [9.17, 15) is 9.59 Å². The molecule has 0 spiro atoms. The number of fused-ring (bicyclic) bond motifs is 1. The molecule has 0 saturated heterocycles. The maximum Gasteiger partial charge on any atom is 0.348 e. The summed E-state index contributed by atoms with van der Waals surface area (Å²) in [5.41, 5.74) is 3.18. The molecule has 1 aliphatic carbocycles. The average Bonchev–Trinajstić information content (AvgIpc) is 3.03. The van der Waals surface area contributed by atoms with E-state index in [0.717, 1.165) is 19.3 Å². The molecule has 1 aromatic carbocycles. The minimum atomic E-state index is -0.413. The number of aryl methyl sites for hydroxylation is 2. The number of esters is 1. The third kappa shape index (κ3) is 4.48. The fourth-order valence-corrected chi connectivity index (χ4v) is 4.13. The summed E-state index contributed by atoms with van der Waals surface area (Å²) in [5, 5.41) is 2.74. The van der Waals surface area contributed by atoms with Gasteiger partial charge in [0, 0.05) is 10.6 Å². The Morgan fingerprint density at radius 1 is 1.28 bits per heavy atom. The molecule has 1 aromatic heterocycles. The van der Waals surface area contributed by atoms with Crippen LogP contribution in [0.4, 0.5) is 5.69 Å². The van der Waals surface area contributed by atoms with Crippen molar-refractivity contribution in [3.05, 3.63) is 51.2 Å². The van der Waals surface area contributed by atoms with Gasteiger partial charge in [0.05, 0.1) is 0 Å². The van der Waals surface area contributed by atoms with E-state index in [2.05, 4.69) is 19.2 Å². The number of hydrogen-bond acceptors (Lipinski definition) is 4. The van der Waals surface area contributed by atoms with E-state index in [1.165, 1.54) is 33.8 Å². The fourth-order valence-electron chi connectivity index (χ4n) is 3.03. The van der Waals surface area contributed by atoms with Gasteiger partial charge in [-0.05, 0) is 60.9 Å². The monoisotopic (exact) mass is 357 g/mol. The summed E-state index contributed by atoms with van der Waals surface area (Å²) in [6.45, 7) is 4.04. The van der Waals surface area contributed by atoms with Gasteiger partial charge in [-0.3, -0.25) is 4.79 Å². The van der Waals surface area contributed by atoms with Gasteiger partial charge in [0.1, 0.15) is 4.88 Å². The Kier molecular flexibility index (Phi) is 5.53. The van der Waals surface area contributed by atoms with E-state index in [1.54, 1.807) is 0 Å². The highest BCUT2D eigenvalue weighted by molar-refractivity contribution is 7.14. The van der Waals surface area contributed by atoms with Gasteiger partial charge in [-0.15, -0.1) is 11.3 Å². The molecule has 4 nitrogen and oxygen atoms in total. The largest absolute Gasteiger partial charge is 0.451 e. The van der Waals surface area contributed by atoms with Gasteiger partial charge in [0.25, 0.3) is 5.91 Å². The van der Waals surface area contributed by atoms with E-state index >= 15 is 0 Å². The molecular weight excluding hydrogens is 334 g/mol. The molecule has 1 aliphatic rings. The number of carbonyl (C=O) groups is 2. The summed E-state index contributed by atoms with van der Waals surface area (Å²) in [5.74, 6) is -0.0769. The summed E-state index contributed by atoms with van der Waals surface area (Å²) in [7, 11) is 0. The molecule has 0 fully saturated rings. The van der Waals surface area contributed by atoms with Crippen molar-refractivity contribution in [2.45, 2.75) is 39.5 Å². The van der Waals surface area contributed by atoms with Gasteiger partial charge >= 0.3 is 5.97 Å². The van der Waals surface area contributed by atoms with Gasteiger partial charge in [-0.2, -0.15) is 0 Å². The van der Waals surface area contributed by atoms with Crippen LogP contribution in [0, 0.1) is 5.92 Å². The van der Waals surface area contributed by atoms with Crippen LogP contribution in [0.2, 0.25) is 0 Å². The van der Waals surface area contributed by atoms with Crippen LogP contribution < -0.4 is 5.32 Å². The van der Waals surface area contributed by atoms with Crippen molar-refractivity contribution in [1.82, 2.24) is 0 Å². The van der Waals surface area contributed by atoms with Crippen molar-refractivity contribution in [2.24, 2.45) is 5.92 Å².